The Hall–Kier alpha value is -1.36. The molecular weight excluding hydrogens is 198 g/mol. The molecule has 5 heteroatoms. The zero-order chi connectivity index (χ0) is 11.8. The molecule has 0 aromatic carbocycles. The molecule has 86 valence electrons. The van der Waals surface area contributed by atoms with Gasteiger partial charge in [-0.2, -0.15) is 0 Å². The lowest BCUT2D eigenvalue weighted by Gasteiger charge is -2.12. The third-order valence-electron chi connectivity index (χ3n) is 1.68. The first kappa shape index (κ1) is 13.6. The molecule has 0 aromatic rings. The van der Waals surface area contributed by atoms with Crippen LogP contribution in [-0.4, -0.2) is 35.2 Å². The van der Waals surface area contributed by atoms with Crippen LogP contribution in [0.1, 0.15) is 26.7 Å². The van der Waals surface area contributed by atoms with Gasteiger partial charge in [-0.15, -0.1) is 0 Å². The number of hydrogen-bond donors (Lipinski definition) is 1. The fourth-order valence-corrected chi connectivity index (χ4v) is 0.916. The maximum Gasteiger partial charge on any atom is 0.330 e. The van der Waals surface area contributed by atoms with E-state index in [1.165, 1.54) is 12.0 Å². The number of amides is 1. The van der Waals surface area contributed by atoms with Gasteiger partial charge in [0.1, 0.15) is 0 Å². The maximum absolute atomic E-state index is 10.8. The van der Waals surface area contributed by atoms with E-state index in [-0.39, 0.29) is 11.5 Å². The van der Waals surface area contributed by atoms with Gasteiger partial charge >= 0.3 is 5.97 Å². The molecule has 0 bridgehead atoms. The Labute approximate surface area is 89.3 Å². The Kier molecular flexibility index (Phi) is 6.37. The van der Waals surface area contributed by atoms with Crippen LogP contribution in [0.15, 0.2) is 12.2 Å². The summed E-state index contributed by atoms with van der Waals surface area (Å²) in [7, 11) is 0. The third kappa shape index (κ3) is 5.85. The summed E-state index contributed by atoms with van der Waals surface area (Å²) in [6, 6.07) is 0. The lowest BCUT2D eigenvalue weighted by molar-refractivity contribution is -0.175. The summed E-state index contributed by atoms with van der Waals surface area (Å²) in [5.41, 5.74) is 0.176. The Morgan fingerprint density at radius 2 is 2.20 bits per heavy atom. The van der Waals surface area contributed by atoms with Gasteiger partial charge in [0.25, 0.3) is 0 Å². The molecule has 5 nitrogen and oxygen atoms in total. The van der Waals surface area contributed by atoms with Gasteiger partial charge in [0.05, 0.1) is 6.61 Å². The first-order valence-electron chi connectivity index (χ1n) is 4.81. The van der Waals surface area contributed by atoms with Crippen LogP contribution in [0.3, 0.4) is 0 Å². The highest BCUT2D eigenvalue weighted by atomic mass is 16.7. The SMILES string of the molecule is C=C(C)C(=O)O.CCON1CCCC1=O. The van der Waals surface area contributed by atoms with Crippen LogP contribution < -0.4 is 0 Å². The predicted octanol–water partition coefficient (Wildman–Crippen LogP) is 1.21. The van der Waals surface area contributed by atoms with Crippen molar-refractivity contribution in [2.45, 2.75) is 26.7 Å². The molecule has 0 unspecified atom stereocenters. The molecule has 1 N–H and O–H groups in total. The minimum absolute atomic E-state index is 0.122. The molecule has 0 radical (unpaired) electrons. The summed E-state index contributed by atoms with van der Waals surface area (Å²) in [5, 5.41) is 9.34. The van der Waals surface area contributed by atoms with Gasteiger partial charge < -0.3 is 5.11 Å². The number of carbonyl (C=O) groups excluding carboxylic acids is 1. The van der Waals surface area contributed by atoms with Gasteiger partial charge in [-0.1, -0.05) is 6.58 Å². The zero-order valence-electron chi connectivity index (χ0n) is 9.15. The third-order valence-corrected chi connectivity index (χ3v) is 1.68. The highest BCUT2D eigenvalue weighted by Gasteiger charge is 2.19. The fourth-order valence-electron chi connectivity index (χ4n) is 0.916. The smallest absolute Gasteiger partial charge is 0.330 e. The van der Waals surface area contributed by atoms with Crippen LogP contribution in [0.2, 0.25) is 0 Å². The Balaban J connectivity index is 0.000000288. The first-order chi connectivity index (χ1) is 6.99. The van der Waals surface area contributed by atoms with Crippen LogP contribution in [0.25, 0.3) is 0 Å². The van der Waals surface area contributed by atoms with Gasteiger partial charge in [-0.3, -0.25) is 9.63 Å². The Bertz CT molecular complexity index is 238. The molecule has 1 heterocycles. The Morgan fingerprint density at radius 1 is 1.67 bits per heavy atom. The van der Waals surface area contributed by atoms with Crippen LogP contribution in [-0.2, 0) is 14.4 Å². The van der Waals surface area contributed by atoms with Crippen LogP contribution >= 0.6 is 0 Å². The fraction of sp³-hybridized carbons (Fsp3) is 0.600. The molecule has 1 saturated heterocycles. The van der Waals surface area contributed by atoms with E-state index in [0.717, 1.165) is 13.0 Å². The molecule has 1 fully saturated rings. The Morgan fingerprint density at radius 3 is 2.47 bits per heavy atom. The average molecular weight is 215 g/mol. The summed E-state index contributed by atoms with van der Waals surface area (Å²) in [6.45, 7) is 7.84. The van der Waals surface area contributed by atoms with Crippen molar-refractivity contribution in [1.82, 2.24) is 5.06 Å². The zero-order valence-corrected chi connectivity index (χ0v) is 9.15. The van der Waals surface area contributed by atoms with Crippen molar-refractivity contribution in [2.75, 3.05) is 13.2 Å². The van der Waals surface area contributed by atoms with Crippen molar-refractivity contribution in [2.24, 2.45) is 0 Å². The van der Waals surface area contributed by atoms with Crippen molar-refractivity contribution in [3.8, 4) is 0 Å². The van der Waals surface area contributed by atoms with E-state index in [9.17, 15) is 9.59 Å². The molecule has 0 spiro atoms. The maximum atomic E-state index is 10.8. The molecule has 0 atom stereocenters. The topological polar surface area (TPSA) is 66.8 Å². The second-order valence-corrected chi connectivity index (χ2v) is 3.10. The molecule has 1 aliphatic heterocycles. The van der Waals surface area contributed by atoms with Gasteiger partial charge in [-0.25, -0.2) is 9.86 Å². The monoisotopic (exact) mass is 215 g/mol. The molecule has 1 aliphatic rings. The minimum Gasteiger partial charge on any atom is -0.478 e. The number of nitrogens with zero attached hydrogens (tertiary/aromatic N) is 1. The summed E-state index contributed by atoms with van der Waals surface area (Å²) < 4.78 is 0. The predicted molar refractivity (Wildman–Crippen MR) is 55.0 cm³/mol. The number of rotatable bonds is 3. The van der Waals surface area contributed by atoms with Crippen molar-refractivity contribution < 1.29 is 19.5 Å². The molecule has 0 aliphatic carbocycles. The van der Waals surface area contributed by atoms with Crippen molar-refractivity contribution >= 4 is 11.9 Å². The minimum atomic E-state index is -0.935. The quantitative estimate of drug-likeness (QED) is 0.718. The second kappa shape index (κ2) is 7.00. The lowest BCUT2D eigenvalue weighted by Crippen LogP contribution is -2.24. The van der Waals surface area contributed by atoms with E-state index in [1.807, 2.05) is 6.92 Å². The van der Waals surface area contributed by atoms with E-state index in [4.69, 9.17) is 9.94 Å². The van der Waals surface area contributed by atoms with E-state index < -0.39 is 5.97 Å². The molecule has 15 heavy (non-hydrogen) atoms. The molecule has 1 rings (SSSR count). The van der Waals surface area contributed by atoms with Crippen molar-refractivity contribution in [1.29, 1.82) is 0 Å². The lowest BCUT2D eigenvalue weighted by atomic mass is 10.4. The standard InChI is InChI=1S/C6H11NO2.C4H6O2/c1-2-9-7-5-3-4-6(7)8;1-3(2)4(5)6/h2-5H2,1H3;1H2,2H3,(H,5,6). The normalized spacial score (nSPS) is 14.5. The van der Waals surface area contributed by atoms with Crippen LogP contribution in [0.4, 0.5) is 0 Å². The number of carboxylic acid groups (broad SMARTS) is 1. The largest absolute Gasteiger partial charge is 0.478 e. The van der Waals surface area contributed by atoms with Gasteiger partial charge in [0, 0.05) is 18.5 Å². The van der Waals surface area contributed by atoms with Crippen molar-refractivity contribution in [3.05, 3.63) is 12.2 Å². The van der Waals surface area contributed by atoms with Crippen molar-refractivity contribution in [3.63, 3.8) is 0 Å². The number of aliphatic carboxylic acids is 1. The highest BCUT2D eigenvalue weighted by Crippen LogP contribution is 2.08. The van der Waals surface area contributed by atoms with Crippen LogP contribution in [0.5, 0.6) is 0 Å². The first-order valence-corrected chi connectivity index (χ1v) is 4.81. The molecule has 1 amide bonds. The summed E-state index contributed by atoms with van der Waals surface area (Å²) in [4.78, 5) is 25.4. The van der Waals surface area contributed by atoms with Gasteiger partial charge in [0.2, 0.25) is 5.91 Å². The number of carboxylic acids is 1. The number of hydroxylamine groups is 2. The second-order valence-electron chi connectivity index (χ2n) is 3.10. The van der Waals surface area contributed by atoms with E-state index in [0.29, 0.717) is 13.0 Å². The van der Waals surface area contributed by atoms with Gasteiger partial charge in [0.15, 0.2) is 0 Å². The van der Waals surface area contributed by atoms with E-state index in [1.54, 1.807) is 0 Å². The summed E-state index contributed by atoms with van der Waals surface area (Å²) >= 11 is 0. The summed E-state index contributed by atoms with van der Waals surface area (Å²) in [5.74, 6) is -0.813. The highest BCUT2D eigenvalue weighted by molar-refractivity contribution is 5.84. The van der Waals surface area contributed by atoms with E-state index in [2.05, 4.69) is 6.58 Å². The molecule has 0 saturated carbocycles. The average Bonchev–Trinajstić information content (AvgIpc) is 2.53. The van der Waals surface area contributed by atoms with Crippen LogP contribution in [0, 0.1) is 0 Å². The number of hydrogen-bond acceptors (Lipinski definition) is 3. The molecule has 0 aromatic heterocycles. The van der Waals surface area contributed by atoms with E-state index >= 15 is 0 Å². The molecular formula is C10H17NO4. The number of carbonyl (C=O) groups is 2. The summed E-state index contributed by atoms with van der Waals surface area (Å²) in [6.07, 6.45) is 1.60. The van der Waals surface area contributed by atoms with Gasteiger partial charge in [-0.05, 0) is 20.3 Å².